The summed E-state index contributed by atoms with van der Waals surface area (Å²) in [4.78, 5) is 58.2. The molecule has 0 unspecified atom stereocenters. The highest BCUT2D eigenvalue weighted by atomic mass is 16.2. The normalized spacial score (nSPS) is 14.3. The number of benzene rings is 2. The fourth-order valence-electron chi connectivity index (χ4n) is 4.69. The van der Waals surface area contributed by atoms with Crippen LogP contribution in [0.4, 0.5) is 5.69 Å². The summed E-state index contributed by atoms with van der Waals surface area (Å²) in [7, 11) is 1.67. The average Bonchev–Trinajstić information content (AvgIpc) is 3.65. The minimum absolute atomic E-state index is 0.00557. The second-order valence-electron chi connectivity index (χ2n) is 9.41. The van der Waals surface area contributed by atoms with Crippen LogP contribution in [0.5, 0.6) is 0 Å². The second-order valence-corrected chi connectivity index (χ2v) is 9.41. The van der Waals surface area contributed by atoms with Crippen LogP contribution < -0.4 is 15.8 Å². The lowest BCUT2D eigenvalue weighted by molar-refractivity contribution is -0.128. The molecule has 3 amide bonds. The molecule has 1 aliphatic heterocycles. The van der Waals surface area contributed by atoms with Crippen LogP contribution in [-0.2, 0) is 20.8 Å². The van der Waals surface area contributed by atoms with Crippen LogP contribution in [-0.4, -0.2) is 51.8 Å². The van der Waals surface area contributed by atoms with E-state index in [2.05, 4.69) is 23.5 Å². The van der Waals surface area contributed by atoms with E-state index >= 15 is 0 Å². The highest BCUT2D eigenvalue weighted by molar-refractivity contribution is 6.15. The third-order valence-corrected chi connectivity index (χ3v) is 6.94. The number of aromatic nitrogens is 2. The number of carbonyl (C=O) groups excluding carboxylic acids is 3. The maximum atomic E-state index is 13.3. The maximum absolute atomic E-state index is 13.3. The van der Waals surface area contributed by atoms with Gasteiger partial charge in [0.25, 0.3) is 17.4 Å². The zero-order valence-electron chi connectivity index (χ0n) is 20.8. The summed E-state index contributed by atoms with van der Waals surface area (Å²) in [6.07, 6.45) is 3.88. The van der Waals surface area contributed by atoms with Crippen molar-refractivity contribution in [3.8, 4) is 11.1 Å². The number of carbonyl (C=O) groups is 3. The van der Waals surface area contributed by atoms with Crippen LogP contribution in [0.25, 0.3) is 27.7 Å². The molecule has 1 saturated carbocycles. The van der Waals surface area contributed by atoms with Crippen LogP contribution in [0.15, 0.2) is 66.4 Å². The number of likely N-dealkylation sites (N-methyl/N-ethyl adjacent to an activating group) is 1. The topological polar surface area (TPSA) is 105 Å². The molecular weight excluding hydrogens is 470 g/mol. The van der Waals surface area contributed by atoms with Gasteiger partial charge in [-0.15, -0.1) is 0 Å². The van der Waals surface area contributed by atoms with E-state index in [0.717, 1.165) is 46.2 Å². The molecule has 2 aliphatic rings. The molecule has 5 rings (SSSR count). The van der Waals surface area contributed by atoms with Gasteiger partial charge in [0.2, 0.25) is 5.91 Å². The molecule has 2 heterocycles. The van der Waals surface area contributed by atoms with Crippen LogP contribution in [0, 0.1) is 0 Å². The van der Waals surface area contributed by atoms with Crippen LogP contribution >= 0.6 is 0 Å². The summed E-state index contributed by atoms with van der Waals surface area (Å²) in [5, 5.41) is 2.77. The zero-order chi connectivity index (χ0) is 26.4. The van der Waals surface area contributed by atoms with Crippen molar-refractivity contribution in [3.63, 3.8) is 0 Å². The zero-order valence-corrected chi connectivity index (χ0v) is 20.8. The van der Waals surface area contributed by atoms with Gasteiger partial charge in [0, 0.05) is 37.8 Å². The summed E-state index contributed by atoms with van der Waals surface area (Å²) in [6.45, 7) is 9.62. The van der Waals surface area contributed by atoms with Crippen molar-refractivity contribution < 1.29 is 14.4 Å². The van der Waals surface area contributed by atoms with E-state index < -0.39 is 11.5 Å². The summed E-state index contributed by atoms with van der Waals surface area (Å²) < 4.78 is 1.07. The molecule has 37 heavy (non-hydrogen) atoms. The molecule has 1 N–H and O–H groups in total. The summed E-state index contributed by atoms with van der Waals surface area (Å²) in [5.41, 5.74) is 3.39. The van der Waals surface area contributed by atoms with Crippen LogP contribution in [0.1, 0.15) is 25.3 Å². The van der Waals surface area contributed by atoms with Gasteiger partial charge >= 0.3 is 0 Å². The van der Waals surface area contributed by atoms with Gasteiger partial charge in [-0.3, -0.25) is 23.7 Å². The van der Waals surface area contributed by atoms with Crippen molar-refractivity contribution in [2.75, 3.05) is 18.5 Å². The van der Waals surface area contributed by atoms with Crippen molar-refractivity contribution in [2.24, 2.45) is 0 Å². The Bertz CT molecular complexity index is 1570. The van der Waals surface area contributed by atoms with Crippen molar-refractivity contribution in [2.45, 2.75) is 32.2 Å². The number of hydrogen-bond acceptors (Lipinski definition) is 5. The Labute approximate surface area is 213 Å². The number of amides is 3. The molecule has 0 spiro atoms. The molecule has 9 nitrogen and oxygen atoms in total. The third kappa shape index (κ3) is 4.33. The summed E-state index contributed by atoms with van der Waals surface area (Å²) >= 11 is 0. The van der Waals surface area contributed by atoms with Gasteiger partial charge in [-0.05, 0) is 48.6 Å². The van der Waals surface area contributed by atoms with Gasteiger partial charge in [-0.2, -0.15) is 0 Å². The van der Waals surface area contributed by atoms with Crippen molar-refractivity contribution in [1.29, 1.82) is 0 Å². The number of anilines is 1. The first-order valence-electron chi connectivity index (χ1n) is 12.1. The summed E-state index contributed by atoms with van der Waals surface area (Å²) in [6, 6.07) is 11.3. The fraction of sp³-hybridized carbons (Fsp3) is 0.250. The first kappa shape index (κ1) is 24.2. The lowest BCUT2D eigenvalue weighted by atomic mass is 9.99. The van der Waals surface area contributed by atoms with E-state index in [-0.39, 0.29) is 29.3 Å². The Hall–Kier alpha value is -4.53. The van der Waals surface area contributed by atoms with Crippen molar-refractivity contribution >= 4 is 40.0 Å². The highest BCUT2D eigenvalue weighted by Crippen LogP contribution is 2.34. The molecule has 1 aliphatic carbocycles. The van der Waals surface area contributed by atoms with Crippen molar-refractivity contribution in [1.82, 2.24) is 19.8 Å². The van der Waals surface area contributed by atoms with E-state index in [1.54, 1.807) is 35.9 Å². The lowest BCUT2D eigenvalue weighted by Crippen LogP contribution is -2.38. The SMILES string of the molecule is C=C(NC(=O)C(=C)n1cnc2c(-c3ccc4c(c3)CCN4C(C)=O)cccc2c1=O)C(=O)N(C)C1CC1. The Morgan fingerprint density at radius 3 is 2.59 bits per heavy atom. The van der Waals surface area contributed by atoms with Gasteiger partial charge in [-0.1, -0.05) is 31.4 Å². The van der Waals surface area contributed by atoms with Gasteiger partial charge in [-0.25, -0.2) is 4.98 Å². The Kier molecular flexibility index (Phi) is 5.99. The molecule has 188 valence electrons. The molecule has 3 aromatic rings. The molecule has 9 heteroatoms. The van der Waals surface area contributed by atoms with E-state index in [1.165, 1.54) is 6.33 Å². The van der Waals surface area contributed by atoms with Crippen LogP contribution in [0.2, 0.25) is 0 Å². The third-order valence-electron chi connectivity index (χ3n) is 6.94. The van der Waals surface area contributed by atoms with Gasteiger partial charge in [0.15, 0.2) is 0 Å². The molecule has 2 aromatic carbocycles. The minimum atomic E-state index is -0.712. The minimum Gasteiger partial charge on any atom is -0.337 e. The number of nitrogens with zero attached hydrogens (tertiary/aromatic N) is 4. The van der Waals surface area contributed by atoms with Gasteiger partial charge in [0.05, 0.1) is 16.6 Å². The number of hydrogen-bond donors (Lipinski definition) is 1. The number of para-hydroxylation sites is 1. The first-order chi connectivity index (χ1) is 17.7. The smallest absolute Gasteiger partial charge is 0.272 e. The van der Waals surface area contributed by atoms with Crippen molar-refractivity contribution in [3.05, 3.63) is 77.5 Å². The van der Waals surface area contributed by atoms with Crippen LogP contribution in [0.3, 0.4) is 0 Å². The molecule has 0 saturated heterocycles. The second kappa shape index (κ2) is 9.16. The quantitative estimate of drug-likeness (QED) is 0.528. The van der Waals surface area contributed by atoms with E-state index in [9.17, 15) is 19.2 Å². The monoisotopic (exact) mass is 497 g/mol. The molecule has 0 atom stereocenters. The summed E-state index contributed by atoms with van der Waals surface area (Å²) in [5.74, 6) is -1.08. The van der Waals surface area contributed by atoms with E-state index in [4.69, 9.17) is 0 Å². The average molecular weight is 498 g/mol. The molecule has 0 radical (unpaired) electrons. The predicted molar refractivity (Wildman–Crippen MR) is 142 cm³/mol. The lowest BCUT2D eigenvalue weighted by Gasteiger charge is -2.18. The molecule has 0 bridgehead atoms. The first-order valence-corrected chi connectivity index (χ1v) is 12.1. The number of rotatable bonds is 6. The standard InChI is InChI=1S/C28H27N5O4/c1-16(27(36)31(4)21-9-10-21)30-26(35)17(2)33-15-29-25-22(6-5-7-23(25)28(33)37)19-8-11-24-20(14-19)12-13-32(24)18(3)34/h5-8,11,14-15,21H,1-2,9-10,12-13H2,3-4H3,(H,30,35). The van der Waals surface area contributed by atoms with E-state index in [0.29, 0.717) is 17.4 Å². The van der Waals surface area contributed by atoms with E-state index in [1.807, 2.05) is 24.3 Å². The molecule has 1 fully saturated rings. The number of fused-ring (bicyclic) bond motifs is 2. The molecule has 1 aromatic heterocycles. The largest absolute Gasteiger partial charge is 0.337 e. The fourth-order valence-corrected chi connectivity index (χ4v) is 4.69. The number of nitrogens with one attached hydrogen (secondary N) is 1. The maximum Gasteiger partial charge on any atom is 0.272 e. The highest BCUT2D eigenvalue weighted by Gasteiger charge is 2.31. The Morgan fingerprint density at radius 1 is 1.14 bits per heavy atom. The Balaban J connectivity index is 1.42. The predicted octanol–water partition coefficient (Wildman–Crippen LogP) is 2.69. The van der Waals surface area contributed by atoms with Gasteiger partial charge < -0.3 is 15.1 Å². The van der Waals surface area contributed by atoms with Gasteiger partial charge in [0.1, 0.15) is 12.0 Å². The Morgan fingerprint density at radius 2 is 1.89 bits per heavy atom. The molecular formula is C28H27N5O4.